The molecule has 9 aromatic rings. The van der Waals surface area contributed by atoms with Gasteiger partial charge in [0.1, 0.15) is 9.41 Å². The molecule has 0 aliphatic carbocycles. The molecule has 105 heavy (non-hydrogen) atoms. The number of carboxylic acids is 1. The number of carboxylic acid groups (broad SMARTS) is 1. The van der Waals surface area contributed by atoms with Gasteiger partial charge < -0.3 is 5.11 Å². The number of Topliss-reactive ketones (excluding diaryl/α,β-unsaturated/α-hetero) is 9. The molecule has 0 fully saturated rings. The lowest BCUT2D eigenvalue weighted by Gasteiger charge is -2.11. The van der Waals surface area contributed by atoms with Crippen LogP contribution in [0.2, 0.25) is 10.0 Å². The van der Waals surface area contributed by atoms with Gasteiger partial charge in [0.15, 0.2) is 52.0 Å². The fourth-order valence-electron chi connectivity index (χ4n) is 11.7. The maximum Gasteiger partial charge on any atom is 0.304 e. The highest BCUT2D eigenvalue weighted by Crippen LogP contribution is 2.46. The summed E-state index contributed by atoms with van der Waals surface area (Å²) >= 11 is 27.3. The van der Waals surface area contributed by atoms with Crippen molar-refractivity contribution in [1.82, 2.24) is 0 Å². The number of ketones is 9. The number of hydrogen-bond donors (Lipinski definition) is 1. The monoisotopic (exact) mass is 1650 g/mol. The summed E-state index contributed by atoms with van der Waals surface area (Å²) in [6.07, 6.45) is -0.143. The maximum atomic E-state index is 12.3. The summed E-state index contributed by atoms with van der Waals surface area (Å²) in [5.41, 5.74) is 11.8. The molecule has 0 saturated carbocycles. The second-order valence-electron chi connectivity index (χ2n) is 25.6. The molecule has 8 aliphatic rings. The van der Waals surface area contributed by atoms with Crippen molar-refractivity contribution in [2.45, 2.75) is 155 Å². The Morgan fingerprint density at radius 1 is 0.400 bits per heavy atom. The van der Waals surface area contributed by atoms with Crippen LogP contribution in [-0.4, -0.2) is 104 Å². The number of halogens is 3. The summed E-state index contributed by atoms with van der Waals surface area (Å²) in [6, 6.07) is 58.6. The van der Waals surface area contributed by atoms with Gasteiger partial charge in [-0.25, -0.2) is 0 Å². The van der Waals surface area contributed by atoms with Crippen LogP contribution in [0, 0.1) is 27.7 Å². The smallest absolute Gasteiger partial charge is 0.304 e. The Morgan fingerprint density at radius 2 is 0.800 bits per heavy atom. The number of hydrogen-bond acceptors (Lipinski definition) is 18. The van der Waals surface area contributed by atoms with Crippen LogP contribution in [0.25, 0.3) is 0 Å². The third kappa shape index (κ3) is 19.4. The van der Waals surface area contributed by atoms with Crippen molar-refractivity contribution >= 4 is 191 Å². The van der Waals surface area contributed by atoms with Gasteiger partial charge in [0, 0.05) is 99.3 Å². The largest absolute Gasteiger partial charge is 0.481 e. The molecule has 8 heterocycles. The highest BCUT2D eigenvalue weighted by atomic mass is 79.9. The molecule has 0 spiro atoms. The first-order chi connectivity index (χ1) is 49.9. The minimum Gasteiger partial charge on any atom is -0.481 e. The Labute approximate surface area is 663 Å². The van der Waals surface area contributed by atoms with Crippen molar-refractivity contribution in [1.29, 1.82) is 0 Å². The molecule has 0 saturated heterocycles. The van der Waals surface area contributed by atoms with E-state index in [4.69, 9.17) is 28.3 Å². The van der Waals surface area contributed by atoms with E-state index in [-0.39, 0.29) is 88.4 Å². The van der Waals surface area contributed by atoms with Crippen LogP contribution in [0.1, 0.15) is 163 Å². The van der Waals surface area contributed by atoms with E-state index in [0.717, 1.165) is 78.8 Å². The molecule has 11 nitrogen and oxygen atoms in total. The van der Waals surface area contributed by atoms with Crippen molar-refractivity contribution in [3.63, 3.8) is 0 Å². The topological polar surface area (TPSA) is 191 Å². The lowest BCUT2D eigenvalue weighted by Crippen LogP contribution is -2.23. The fourth-order valence-corrected chi connectivity index (χ4v) is 21.7. The van der Waals surface area contributed by atoms with Crippen LogP contribution in [0.4, 0.5) is 0 Å². The summed E-state index contributed by atoms with van der Waals surface area (Å²) in [5, 5.41) is 9.04. The Balaban J connectivity index is 0.000000129. The lowest BCUT2D eigenvalue weighted by atomic mass is 10.0. The summed E-state index contributed by atoms with van der Waals surface area (Å²) in [5.74, 6) is 0.182. The molecule has 9 aromatic carbocycles. The quantitative estimate of drug-likeness (QED) is 0.0993. The molecular formula is C83H71BrCl2O11S8. The minimum atomic E-state index is -0.959. The number of rotatable bonds is 4. The Morgan fingerprint density at radius 3 is 1.32 bits per heavy atom. The van der Waals surface area contributed by atoms with E-state index < -0.39 is 16.5 Å². The summed E-state index contributed by atoms with van der Waals surface area (Å²) in [6.45, 7) is 19.9. The van der Waals surface area contributed by atoms with Crippen molar-refractivity contribution in [3.8, 4) is 0 Å². The van der Waals surface area contributed by atoms with E-state index in [0.29, 0.717) is 26.7 Å². The summed E-state index contributed by atoms with van der Waals surface area (Å²) < 4.78 is -0.335. The average Bonchev–Trinajstić information content (AvgIpc) is 1.59. The Bertz CT molecular complexity index is 4800. The number of benzene rings is 9. The molecule has 22 heteroatoms. The third-order valence-electron chi connectivity index (χ3n) is 17.1. The Hall–Kier alpha value is -6.66. The van der Waals surface area contributed by atoms with Gasteiger partial charge in [0.05, 0.1) is 37.4 Å². The SMILES string of the molecule is CC1(C)Sc2ccccc2C1=O.CC1Sc2ccc(Cl)cc2C1=O.CC1Sc2ccccc2C1=O.Cc1cc(C)c2c(c1)C(=O)C(C)S2.Cc1ccc2c(c1)C(=O)C(Br)S2.Cc1ccc2c(c1)C(=O)C(C)S2.O=C(O)CC1Sc2ccc(Cl)cc2C1=O.O=C(c1ccccc1)C1Sc2ccccc2C1=O. The fraction of sp³-hybridized carbons (Fsp3) is 0.229. The highest BCUT2D eigenvalue weighted by molar-refractivity contribution is 9.11. The zero-order chi connectivity index (χ0) is 75.9. The highest BCUT2D eigenvalue weighted by Gasteiger charge is 2.40. The van der Waals surface area contributed by atoms with Crippen molar-refractivity contribution in [2.75, 3.05) is 0 Å². The standard InChI is InChI=1S/C15H10O2S.C11H12OS.C10H7ClO3S.2C10H10OS.C9H7BrOS.C9H7ClOS.C9H8OS/c16-13(10-6-2-1-3-7-10)15-14(17)11-8-4-5-9-12(11)18-15;1-6-4-7(2)11-9(5-6)10(12)8(3)13-11;11-5-1-2-7-6(3-5)10(14)8(15-7)4-9(12)13;1-6-3-4-9-8(5-6)10(11)7(2)12-9;1-10(2)9(11)7-5-3-4-6-8(7)12-10;1-5-2-3-7-6(4-5)8(11)9(10)12-7;1-5-9(11)7-4-6(10)2-3-8(7)12-5;1-6-9(10)7-4-2-3-5-8(7)11-6/h1-9,15H;4-5,8H,1-3H3;1-3,8H,4H2,(H,12,13);3-5,7H,1-2H3;3-6H,1-2H3;2-4,9H,1H3;2-5H,1H3;2-6H,1H3. The van der Waals surface area contributed by atoms with E-state index in [1.54, 1.807) is 113 Å². The van der Waals surface area contributed by atoms with Gasteiger partial charge in [-0.3, -0.25) is 47.9 Å². The van der Waals surface area contributed by atoms with Crippen LogP contribution in [0.3, 0.4) is 0 Å². The van der Waals surface area contributed by atoms with Gasteiger partial charge in [-0.05, 0) is 160 Å². The zero-order valence-electron chi connectivity index (χ0n) is 58.6. The number of thioether (sulfide) groups is 8. The molecule has 1 N–H and O–H groups in total. The van der Waals surface area contributed by atoms with E-state index in [2.05, 4.69) is 35.0 Å². The minimum absolute atomic E-state index is 0.0541. The van der Waals surface area contributed by atoms with Crippen LogP contribution in [0.5, 0.6) is 0 Å². The number of carbonyl (C=O) groups is 10. The van der Waals surface area contributed by atoms with Gasteiger partial charge in [0.2, 0.25) is 0 Å². The predicted molar refractivity (Wildman–Crippen MR) is 437 cm³/mol. The number of aryl methyl sites for hydroxylation is 4. The van der Waals surface area contributed by atoms with E-state index >= 15 is 0 Å². The van der Waals surface area contributed by atoms with Gasteiger partial charge in [0.25, 0.3) is 0 Å². The molecule has 8 aliphatic heterocycles. The first kappa shape index (κ1) is 80.9. The lowest BCUT2D eigenvalue weighted by molar-refractivity contribution is -0.136. The molecule has 7 atom stereocenters. The molecule has 0 radical (unpaired) electrons. The average molecular weight is 1650 g/mol. The first-order valence-corrected chi connectivity index (χ1v) is 41.9. The van der Waals surface area contributed by atoms with Gasteiger partial charge in [-0.2, -0.15) is 0 Å². The van der Waals surface area contributed by atoms with E-state index in [9.17, 15) is 47.9 Å². The first-order valence-electron chi connectivity index (χ1n) is 33.2. The zero-order valence-corrected chi connectivity index (χ0v) is 68.2. The van der Waals surface area contributed by atoms with Crippen molar-refractivity contribution < 1.29 is 53.1 Å². The van der Waals surface area contributed by atoms with Crippen molar-refractivity contribution in [2.24, 2.45) is 0 Å². The molecule has 7 unspecified atom stereocenters. The predicted octanol–water partition coefficient (Wildman–Crippen LogP) is 22.5. The van der Waals surface area contributed by atoms with E-state index in [1.807, 2.05) is 196 Å². The maximum absolute atomic E-state index is 12.3. The van der Waals surface area contributed by atoms with Crippen LogP contribution in [-0.2, 0) is 4.79 Å². The van der Waals surface area contributed by atoms with Crippen LogP contribution < -0.4 is 0 Å². The second-order valence-corrected chi connectivity index (χ2v) is 38.7. The van der Waals surface area contributed by atoms with Gasteiger partial charge in [-0.15, -0.1) is 94.1 Å². The number of aliphatic carboxylic acids is 1. The summed E-state index contributed by atoms with van der Waals surface area (Å²) in [7, 11) is 0. The number of carbonyl (C=O) groups excluding carboxylic acids is 9. The molecule has 538 valence electrons. The second kappa shape index (κ2) is 35.6. The summed E-state index contributed by atoms with van der Waals surface area (Å²) in [4.78, 5) is 124. The number of fused-ring (bicyclic) bond motifs is 8. The molecule has 0 aromatic heterocycles. The molecular weight excluding hydrogens is 1580 g/mol. The molecule has 17 rings (SSSR count). The van der Waals surface area contributed by atoms with Crippen molar-refractivity contribution in [3.05, 3.63) is 270 Å². The number of alkyl halides is 1. The van der Waals surface area contributed by atoms with Gasteiger partial charge >= 0.3 is 5.97 Å². The van der Waals surface area contributed by atoms with Crippen LogP contribution >= 0.6 is 133 Å². The molecule has 0 amide bonds. The van der Waals surface area contributed by atoms with Gasteiger partial charge in [-0.1, -0.05) is 159 Å². The Kier molecular flexibility index (Phi) is 27.4. The van der Waals surface area contributed by atoms with Crippen LogP contribution in [0.15, 0.2) is 227 Å². The van der Waals surface area contributed by atoms with E-state index in [1.165, 1.54) is 39.5 Å². The molecule has 0 bridgehead atoms. The normalized spacial score (nSPS) is 20.0. The third-order valence-corrected chi connectivity index (χ3v) is 28.2.